The van der Waals surface area contributed by atoms with E-state index in [1.54, 1.807) is 30.3 Å². The molecule has 2 aromatic rings. The Morgan fingerprint density at radius 2 is 1.75 bits per heavy atom. The van der Waals surface area contributed by atoms with Crippen molar-refractivity contribution in [3.8, 4) is 0 Å². The van der Waals surface area contributed by atoms with Gasteiger partial charge in [-0.05, 0) is 30.2 Å². The highest BCUT2D eigenvalue weighted by Gasteiger charge is 2.12. The Morgan fingerprint density at radius 1 is 1.10 bits per heavy atom. The van der Waals surface area contributed by atoms with E-state index >= 15 is 0 Å². The molecule has 0 bridgehead atoms. The van der Waals surface area contributed by atoms with E-state index < -0.39 is 5.97 Å². The highest BCUT2D eigenvalue weighted by molar-refractivity contribution is 6.43. The third kappa shape index (κ3) is 3.21. The van der Waals surface area contributed by atoms with Crippen molar-refractivity contribution in [3.63, 3.8) is 0 Å². The highest BCUT2D eigenvalue weighted by Crippen LogP contribution is 2.29. The van der Waals surface area contributed by atoms with Crippen LogP contribution in [0.4, 0.5) is 0 Å². The summed E-state index contributed by atoms with van der Waals surface area (Å²) >= 11 is 12.0. The first-order valence-corrected chi connectivity index (χ1v) is 6.70. The van der Waals surface area contributed by atoms with E-state index in [4.69, 9.17) is 23.2 Å². The highest BCUT2D eigenvalue weighted by atomic mass is 35.5. The maximum atomic E-state index is 11.4. The summed E-state index contributed by atoms with van der Waals surface area (Å²) < 4.78 is 0. The molecule has 0 fully saturated rings. The van der Waals surface area contributed by atoms with E-state index in [1.165, 1.54) is 6.08 Å². The quantitative estimate of drug-likeness (QED) is 0.645. The van der Waals surface area contributed by atoms with Gasteiger partial charge in [-0.3, -0.25) is 0 Å². The number of benzene rings is 2. The van der Waals surface area contributed by atoms with E-state index in [9.17, 15) is 9.90 Å². The number of aryl methyl sites for hydroxylation is 1. The van der Waals surface area contributed by atoms with Crippen LogP contribution < -0.4 is 0 Å². The lowest BCUT2D eigenvalue weighted by Crippen LogP contribution is -1.99. The third-order valence-electron chi connectivity index (χ3n) is 2.87. The molecule has 0 saturated carbocycles. The van der Waals surface area contributed by atoms with Crippen LogP contribution in [-0.2, 0) is 4.79 Å². The molecule has 0 unspecified atom stereocenters. The molecule has 1 N–H and O–H groups in total. The molecule has 0 radical (unpaired) electrons. The lowest BCUT2D eigenvalue weighted by atomic mass is 10.0. The molecular weight excluding hydrogens is 295 g/mol. The topological polar surface area (TPSA) is 37.3 Å². The fraction of sp³-hybridized carbons (Fsp3) is 0.0625. The Hall–Kier alpha value is -1.77. The van der Waals surface area contributed by atoms with E-state index in [0.29, 0.717) is 21.2 Å². The normalized spacial score (nSPS) is 11.4. The molecule has 0 spiro atoms. The summed E-state index contributed by atoms with van der Waals surface area (Å²) in [5, 5.41) is 10.1. The second kappa shape index (κ2) is 6.12. The molecule has 4 heteroatoms. The van der Waals surface area contributed by atoms with E-state index in [2.05, 4.69) is 0 Å². The molecule has 0 aliphatic rings. The Labute approximate surface area is 127 Å². The number of carboxylic acids is 1. The maximum absolute atomic E-state index is 11.4. The lowest BCUT2D eigenvalue weighted by Gasteiger charge is -2.06. The van der Waals surface area contributed by atoms with Crippen molar-refractivity contribution in [1.82, 2.24) is 0 Å². The van der Waals surface area contributed by atoms with Crippen molar-refractivity contribution >= 4 is 40.8 Å². The van der Waals surface area contributed by atoms with Gasteiger partial charge in [0.2, 0.25) is 0 Å². The minimum Gasteiger partial charge on any atom is -0.478 e. The molecular formula is C16H12Cl2O2. The molecule has 0 aromatic heterocycles. The number of aliphatic carboxylic acids is 1. The number of hydrogen-bond donors (Lipinski definition) is 1. The van der Waals surface area contributed by atoms with Gasteiger partial charge < -0.3 is 5.11 Å². The summed E-state index contributed by atoms with van der Waals surface area (Å²) in [6.45, 7) is 1.95. The van der Waals surface area contributed by atoms with Gasteiger partial charge in [0.05, 0.1) is 15.6 Å². The molecule has 0 aliphatic carbocycles. The molecule has 0 saturated heterocycles. The van der Waals surface area contributed by atoms with Crippen molar-refractivity contribution in [2.45, 2.75) is 6.92 Å². The SMILES string of the molecule is Cc1ccc(/C(=C/c2cccc(Cl)c2Cl)C(=O)O)cc1. The van der Waals surface area contributed by atoms with Gasteiger partial charge in [0.25, 0.3) is 0 Å². The smallest absolute Gasteiger partial charge is 0.336 e. The van der Waals surface area contributed by atoms with E-state index in [0.717, 1.165) is 5.56 Å². The molecule has 2 nitrogen and oxygen atoms in total. The van der Waals surface area contributed by atoms with Gasteiger partial charge in [-0.2, -0.15) is 0 Å². The van der Waals surface area contributed by atoms with E-state index in [-0.39, 0.29) is 5.57 Å². The van der Waals surface area contributed by atoms with Crippen LogP contribution in [0.1, 0.15) is 16.7 Å². The van der Waals surface area contributed by atoms with Gasteiger partial charge in [-0.25, -0.2) is 4.79 Å². The predicted octanol–water partition coefficient (Wildman–Crippen LogP) is 4.93. The molecule has 2 rings (SSSR count). The molecule has 0 aliphatic heterocycles. The Kier molecular flexibility index (Phi) is 4.48. The summed E-state index contributed by atoms with van der Waals surface area (Å²) in [6, 6.07) is 12.4. The monoisotopic (exact) mass is 306 g/mol. The Bertz CT molecular complexity index is 673. The zero-order valence-electron chi connectivity index (χ0n) is 10.7. The van der Waals surface area contributed by atoms with Gasteiger partial charge >= 0.3 is 5.97 Å². The van der Waals surface area contributed by atoms with Gasteiger partial charge in [-0.15, -0.1) is 0 Å². The van der Waals surface area contributed by atoms with Crippen LogP contribution in [0.3, 0.4) is 0 Å². The summed E-state index contributed by atoms with van der Waals surface area (Å²) in [6.07, 6.45) is 1.53. The van der Waals surface area contributed by atoms with Gasteiger partial charge in [0.1, 0.15) is 0 Å². The number of rotatable bonds is 3. The minimum atomic E-state index is -1.01. The number of hydrogen-bond acceptors (Lipinski definition) is 1. The Balaban J connectivity index is 2.53. The third-order valence-corrected chi connectivity index (χ3v) is 3.71. The van der Waals surface area contributed by atoms with Crippen LogP contribution in [0.25, 0.3) is 11.6 Å². The van der Waals surface area contributed by atoms with Crippen molar-refractivity contribution in [2.24, 2.45) is 0 Å². The van der Waals surface area contributed by atoms with Crippen molar-refractivity contribution in [3.05, 3.63) is 69.2 Å². The Morgan fingerprint density at radius 3 is 2.35 bits per heavy atom. The summed E-state index contributed by atoms with van der Waals surface area (Å²) in [5.74, 6) is -1.01. The number of carboxylic acid groups (broad SMARTS) is 1. The fourth-order valence-electron chi connectivity index (χ4n) is 1.79. The van der Waals surface area contributed by atoms with Crippen LogP contribution in [0.5, 0.6) is 0 Å². The zero-order chi connectivity index (χ0) is 14.7. The number of carbonyl (C=O) groups is 1. The summed E-state index contributed by atoms with van der Waals surface area (Å²) in [7, 11) is 0. The average molecular weight is 307 g/mol. The molecule has 20 heavy (non-hydrogen) atoms. The predicted molar refractivity (Wildman–Crippen MR) is 83.1 cm³/mol. The average Bonchev–Trinajstić information content (AvgIpc) is 2.41. The first kappa shape index (κ1) is 14.6. The minimum absolute atomic E-state index is 0.175. The summed E-state index contributed by atoms with van der Waals surface area (Å²) in [4.78, 5) is 11.4. The lowest BCUT2D eigenvalue weighted by molar-refractivity contribution is -0.130. The van der Waals surface area contributed by atoms with Crippen LogP contribution in [0.15, 0.2) is 42.5 Å². The van der Waals surface area contributed by atoms with Crippen molar-refractivity contribution < 1.29 is 9.90 Å². The van der Waals surface area contributed by atoms with Crippen LogP contribution >= 0.6 is 23.2 Å². The largest absolute Gasteiger partial charge is 0.478 e. The molecule has 0 atom stereocenters. The van der Waals surface area contributed by atoms with Crippen molar-refractivity contribution in [2.75, 3.05) is 0 Å². The standard InChI is InChI=1S/C16H12Cl2O2/c1-10-5-7-11(8-6-10)13(16(19)20)9-12-3-2-4-14(17)15(12)18/h2-9H,1H3,(H,19,20)/b13-9-. The van der Waals surface area contributed by atoms with Crippen molar-refractivity contribution in [1.29, 1.82) is 0 Å². The van der Waals surface area contributed by atoms with Crippen LogP contribution in [-0.4, -0.2) is 11.1 Å². The van der Waals surface area contributed by atoms with Crippen LogP contribution in [0.2, 0.25) is 10.0 Å². The molecule has 2 aromatic carbocycles. The molecule has 102 valence electrons. The van der Waals surface area contributed by atoms with Crippen LogP contribution in [0, 0.1) is 6.92 Å². The van der Waals surface area contributed by atoms with Gasteiger partial charge in [0.15, 0.2) is 0 Å². The van der Waals surface area contributed by atoms with Gasteiger partial charge in [-0.1, -0.05) is 65.2 Å². The van der Waals surface area contributed by atoms with E-state index in [1.807, 2.05) is 19.1 Å². The summed E-state index contributed by atoms with van der Waals surface area (Å²) in [5.41, 5.74) is 2.45. The zero-order valence-corrected chi connectivity index (χ0v) is 12.2. The first-order valence-electron chi connectivity index (χ1n) is 5.95. The second-order valence-electron chi connectivity index (χ2n) is 4.37. The maximum Gasteiger partial charge on any atom is 0.336 e. The molecule has 0 heterocycles. The van der Waals surface area contributed by atoms with Gasteiger partial charge in [0, 0.05) is 0 Å². The molecule has 0 amide bonds. The first-order chi connectivity index (χ1) is 9.49. The fourth-order valence-corrected chi connectivity index (χ4v) is 2.15. The second-order valence-corrected chi connectivity index (χ2v) is 5.16. The number of halogens is 2.